The van der Waals surface area contributed by atoms with Crippen molar-refractivity contribution in [2.24, 2.45) is 5.41 Å². The van der Waals surface area contributed by atoms with Crippen LogP contribution in [0.5, 0.6) is 0 Å². The van der Waals surface area contributed by atoms with E-state index in [4.69, 9.17) is 9.47 Å². The Hall–Kier alpha value is -1.87. The van der Waals surface area contributed by atoms with E-state index < -0.39 is 5.60 Å². The van der Waals surface area contributed by atoms with Crippen LogP contribution in [0.2, 0.25) is 0 Å². The fraction of sp³-hybridized carbons (Fsp3) is 0.650. The van der Waals surface area contributed by atoms with E-state index >= 15 is 0 Å². The van der Waals surface area contributed by atoms with Crippen molar-refractivity contribution in [3.63, 3.8) is 0 Å². The molecule has 9 heteroatoms. The highest BCUT2D eigenvalue weighted by molar-refractivity contribution is 9.10. The van der Waals surface area contributed by atoms with Crippen LogP contribution in [-0.4, -0.2) is 58.7 Å². The van der Waals surface area contributed by atoms with E-state index in [1.54, 1.807) is 0 Å². The van der Waals surface area contributed by atoms with Crippen LogP contribution in [0.15, 0.2) is 16.9 Å². The van der Waals surface area contributed by atoms with Gasteiger partial charge in [-0.25, -0.2) is 9.78 Å². The van der Waals surface area contributed by atoms with Gasteiger partial charge in [-0.15, -0.1) is 0 Å². The number of carbonyl (C=O) groups is 1. The Kier molecular flexibility index (Phi) is 5.23. The first kappa shape index (κ1) is 20.4. The lowest BCUT2D eigenvalue weighted by Crippen LogP contribution is -2.55. The molecule has 8 nitrogen and oxygen atoms in total. The highest BCUT2D eigenvalue weighted by Gasteiger charge is 2.50. The van der Waals surface area contributed by atoms with Crippen LogP contribution in [0.25, 0.3) is 10.9 Å². The van der Waals surface area contributed by atoms with Crippen molar-refractivity contribution in [3.8, 4) is 0 Å². The van der Waals surface area contributed by atoms with Crippen molar-refractivity contribution >= 4 is 38.7 Å². The smallest absolute Gasteiger partial charge is 0.407 e. The molecule has 29 heavy (non-hydrogen) atoms. The average Bonchev–Trinajstić information content (AvgIpc) is 3.24. The van der Waals surface area contributed by atoms with E-state index in [2.05, 4.69) is 41.3 Å². The predicted molar refractivity (Wildman–Crippen MR) is 114 cm³/mol. The van der Waals surface area contributed by atoms with Crippen molar-refractivity contribution in [1.29, 1.82) is 0 Å². The first-order valence-corrected chi connectivity index (χ1v) is 10.8. The summed E-state index contributed by atoms with van der Waals surface area (Å²) in [5.41, 5.74) is 0.349. The van der Waals surface area contributed by atoms with E-state index in [9.17, 15) is 4.79 Å². The highest BCUT2D eigenvalue weighted by atomic mass is 79.9. The number of anilines is 1. The summed E-state index contributed by atoms with van der Waals surface area (Å²) in [5, 5.41) is 11.3. The number of nitrogens with zero attached hydrogens (tertiary/aromatic N) is 3. The van der Waals surface area contributed by atoms with Crippen molar-refractivity contribution in [2.75, 3.05) is 24.6 Å². The number of hydrogen-bond acceptors (Lipinski definition) is 6. The van der Waals surface area contributed by atoms with Crippen LogP contribution < -0.4 is 10.2 Å². The molecule has 2 aromatic heterocycles. The van der Waals surface area contributed by atoms with E-state index in [-0.39, 0.29) is 23.7 Å². The second-order valence-corrected chi connectivity index (χ2v) is 9.93. The standard InChI is InChI=1S/C20H28BrN5O3/c1-12-16(24-18(27)29-19(2,3)4)20(11-28-12)5-7-26(8-6-20)17-13-9-23-25-15(13)14(21)10-22-17/h9-10,12,16H,5-8,11H2,1-4H3,(H,23,25)(H,24,27)/t12-,16+/m0/s1. The Morgan fingerprint density at radius 1 is 1.38 bits per heavy atom. The van der Waals surface area contributed by atoms with E-state index in [0.29, 0.717) is 6.61 Å². The minimum Gasteiger partial charge on any atom is -0.444 e. The normalized spacial score (nSPS) is 24.2. The molecule has 0 saturated carbocycles. The first-order chi connectivity index (χ1) is 13.7. The number of fused-ring (bicyclic) bond motifs is 1. The van der Waals surface area contributed by atoms with E-state index in [0.717, 1.165) is 47.1 Å². The maximum Gasteiger partial charge on any atom is 0.407 e. The molecule has 0 aliphatic carbocycles. The summed E-state index contributed by atoms with van der Waals surface area (Å²) < 4.78 is 12.4. The number of nitrogens with one attached hydrogen (secondary N) is 2. The van der Waals surface area contributed by atoms with Gasteiger partial charge >= 0.3 is 6.09 Å². The quantitative estimate of drug-likeness (QED) is 0.703. The van der Waals surface area contributed by atoms with Gasteiger partial charge in [0, 0.05) is 24.7 Å². The molecule has 0 bridgehead atoms. The number of ether oxygens (including phenoxy) is 2. The Bertz CT molecular complexity index is 901. The number of hydrogen-bond donors (Lipinski definition) is 2. The Balaban J connectivity index is 1.49. The van der Waals surface area contributed by atoms with Crippen molar-refractivity contribution in [2.45, 2.75) is 58.3 Å². The average molecular weight is 466 g/mol. The van der Waals surface area contributed by atoms with Crippen LogP contribution >= 0.6 is 15.9 Å². The summed E-state index contributed by atoms with van der Waals surface area (Å²) in [5.74, 6) is 0.940. The second-order valence-electron chi connectivity index (χ2n) is 9.08. The summed E-state index contributed by atoms with van der Waals surface area (Å²) in [4.78, 5) is 19.3. The third kappa shape index (κ3) is 3.94. The molecule has 2 atom stereocenters. The summed E-state index contributed by atoms with van der Waals surface area (Å²) in [6.07, 6.45) is 5.04. The fourth-order valence-corrected chi connectivity index (χ4v) is 4.85. The zero-order valence-electron chi connectivity index (χ0n) is 17.3. The van der Waals surface area contributed by atoms with Gasteiger partial charge in [0.15, 0.2) is 0 Å². The number of aromatic nitrogens is 3. The number of amides is 1. The molecule has 2 saturated heterocycles. The Morgan fingerprint density at radius 3 is 2.79 bits per heavy atom. The van der Waals surface area contributed by atoms with Gasteiger partial charge in [0.25, 0.3) is 0 Å². The molecule has 2 aromatic rings. The monoisotopic (exact) mass is 465 g/mol. The molecule has 0 radical (unpaired) electrons. The summed E-state index contributed by atoms with van der Waals surface area (Å²) in [6, 6.07) is -0.0636. The fourth-order valence-electron chi connectivity index (χ4n) is 4.45. The van der Waals surface area contributed by atoms with Crippen molar-refractivity contribution in [3.05, 3.63) is 16.9 Å². The highest BCUT2D eigenvalue weighted by Crippen LogP contribution is 2.43. The molecule has 2 aliphatic heterocycles. The summed E-state index contributed by atoms with van der Waals surface area (Å²) in [7, 11) is 0. The molecule has 2 N–H and O–H groups in total. The maximum absolute atomic E-state index is 12.4. The number of halogens is 1. The number of alkyl carbamates (subject to hydrolysis) is 1. The van der Waals surface area contributed by atoms with Gasteiger partial charge in [0.05, 0.1) is 40.3 Å². The molecule has 2 fully saturated rings. The third-order valence-electron chi connectivity index (χ3n) is 5.91. The van der Waals surface area contributed by atoms with Gasteiger partial charge in [-0.2, -0.15) is 5.10 Å². The zero-order chi connectivity index (χ0) is 20.8. The van der Waals surface area contributed by atoms with Crippen molar-refractivity contribution in [1.82, 2.24) is 20.5 Å². The molecule has 1 amide bonds. The number of piperidine rings is 1. The summed E-state index contributed by atoms with van der Waals surface area (Å²) in [6.45, 7) is 9.98. The van der Waals surface area contributed by atoms with Gasteiger partial charge < -0.3 is 19.7 Å². The largest absolute Gasteiger partial charge is 0.444 e. The minimum atomic E-state index is -0.521. The molecule has 4 rings (SSSR count). The SMILES string of the molecule is C[C@@H]1OCC2(CCN(c3ncc(Br)c4[nH]ncc34)CC2)[C@@H]1NC(=O)OC(C)(C)C. The number of pyridine rings is 1. The molecule has 2 aliphatic rings. The molecular weight excluding hydrogens is 438 g/mol. The molecule has 0 unspecified atom stereocenters. The maximum atomic E-state index is 12.4. The van der Waals surface area contributed by atoms with Gasteiger partial charge in [-0.3, -0.25) is 5.10 Å². The van der Waals surface area contributed by atoms with Gasteiger partial charge in [-0.1, -0.05) is 0 Å². The Labute approximate surface area is 178 Å². The van der Waals surface area contributed by atoms with Crippen LogP contribution in [0.3, 0.4) is 0 Å². The predicted octanol–water partition coefficient (Wildman–Crippen LogP) is 3.62. The number of H-pyrrole nitrogens is 1. The Morgan fingerprint density at radius 2 is 2.10 bits per heavy atom. The lowest BCUT2D eigenvalue weighted by atomic mass is 9.73. The topological polar surface area (TPSA) is 92.4 Å². The van der Waals surface area contributed by atoms with Gasteiger partial charge in [-0.05, 0) is 56.5 Å². The zero-order valence-corrected chi connectivity index (χ0v) is 18.9. The van der Waals surface area contributed by atoms with Crippen LogP contribution in [0, 0.1) is 5.41 Å². The lowest BCUT2D eigenvalue weighted by molar-refractivity contribution is 0.0434. The molecule has 158 valence electrons. The van der Waals surface area contributed by atoms with Gasteiger partial charge in [0.2, 0.25) is 0 Å². The van der Waals surface area contributed by atoms with E-state index in [1.165, 1.54) is 0 Å². The summed E-state index contributed by atoms with van der Waals surface area (Å²) >= 11 is 3.52. The molecule has 1 spiro atoms. The number of carbonyl (C=O) groups excluding carboxylic acids is 1. The van der Waals surface area contributed by atoms with Crippen LogP contribution in [0.4, 0.5) is 10.6 Å². The minimum absolute atomic E-state index is 0.0412. The van der Waals surface area contributed by atoms with E-state index in [1.807, 2.05) is 40.1 Å². The molecule has 0 aromatic carbocycles. The molecule has 4 heterocycles. The number of rotatable bonds is 2. The van der Waals surface area contributed by atoms with Gasteiger partial charge in [0.1, 0.15) is 11.4 Å². The lowest BCUT2D eigenvalue weighted by Gasteiger charge is -2.43. The second kappa shape index (κ2) is 7.43. The van der Waals surface area contributed by atoms with Crippen molar-refractivity contribution < 1.29 is 14.3 Å². The van der Waals surface area contributed by atoms with Crippen LogP contribution in [0.1, 0.15) is 40.5 Å². The number of aromatic amines is 1. The first-order valence-electron chi connectivity index (χ1n) is 10.0. The molecular formula is C20H28BrN5O3. The third-order valence-corrected chi connectivity index (χ3v) is 6.51. The van der Waals surface area contributed by atoms with Crippen LogP contribution in [-0.2, 0) is 9.47 Å².